The van der Waals surface area contributed by atoms with Crippen LogP contribution in [0.2, 0.25) is 0 Å². The molecule has 0 saturated heterocycles. The lowest BCUT2D eigenvalue weighted by molar-refractivity contribution is -0.137. The fourth-order valence-electron chi connectivity index (χ4n) is 1.11. The summed E-state index contributed by atoms with van der Waals surface area (Å²) in [5, 5.41) is 1.37. The Morgan fingerprint density at radius 2 is 2.07 bits per heavy atom. The van der Waals surface area contributed by atoms with Crippen molar-refractivity contribution in [2.75, 3.05) is 6.61 Å². The lowest BCUT2D eigenvalue weighted by atomic mass is 10.1. The zero-order valence-corrected chi connectivity index (χ0v) is 9.04. The van der Waals surface area contributed by atoms with Crippen molar-refractivity contribution in [3.05, 3.63) is 35.4 Å². The van der Waals surface area contributed by atoms with E-state index in [1.54, 1.807) is 31.2 Å². The van der Waals surface area contributed by atoms with Crippen molar-refractivity contribution >= 4 is 29.3 Å². The minimum absolute atomic E-state index is 0.185. The molecule has 0 bridgehead atoms. The maximum Gasteiger partial charge on any atom is 0.379 e. The van der Waals surface area contributed by atoms with Crippen LogP contribution >= 0.6 is 12.2 Å². The maximum absolute atomic E-state index is 11.6. The molecule has 0 fully saturated rings. The molecule has 0 unspecified atom stereocenters. The Balaban J connectivity index is 3.00. The van der Waals surface area contributed by atoms with E-state index >= 15 is 0 Å². The minimum atomic E-state index is -0.846. The molecule has 4 heteroatoms. The van der Waals surface area contributed by atoms with Crippen LogP contribution in [0.5, 0.6) is 0 Å². The quantitative estimate of drug-likeness (QED) is 0.337. The van der Waals surface area contributed by atoms with E-state index < -0.39 is 11.8 Å². The highest BCUT2D eigenvalue weighted by atomic mass is 32.1. The van der Waals surface area contributed by atoms with Crippen LogP contribution in [0, 0.1) is 0 Å². The van der Waals surface area contributed by atoms with E-state index in [0.29, 0.717) is 5.56 Å². The first-order chi connectivity index (χ1) is 7.20. The summed E-state index contributed by atoms with van der Waals surface area (Å²) in [5.41, 5.74) is 0.844. The van der Waals surface area contributed by atoms with Gasteiger partial charge in [0.25, 0.3) is 5.78 Å². The zero-order valence-electron chi connectivity index (χ0n) is 8.23. The first kappa shape index (κ1) is 11.5. The van der Waals surface area contributed by atoms with Crippen LogP contribution in [0.4, 0.5) is 0 Å². The lowest BCUT2D eigenvalue weighted by Crippen LogP contribution is -2.18. The van der Waals surface area contributed by atoms with Crippen molar-refractivity contribution in [1.82, 2.24) is 0 Å². The second-order valence-electron chi connectivity index (χ2n) is 2.75. The van der Waals surface area contributed by atoms with Crippen molar-refractivity contribution < 1.29 is 14.3 Å². The normalized spacial score (nSPS) is 9.40. The van der Waals surface area contributed by atoms with Crippen LogP contribution in [0.15, 0.2) is 24.3 Å². The van der Waals surface area contributed by atoms with Gasteiger partial charge in [0, 0.05) is 10.9 Å². The second-order valence-corrected chi connectivity index (χ2v) is 2.99. The molecule has 1 aromatic carbocycles. The van der Waals surface area contributed by atoms with Crippen LogP contribution in [-0.2, 0) is 9.53 Å². The van der Waals surface area contributed by atoms with Crippen LogP contribution < -0.4 is 0 Å². The number of hydrogen-bond acceptors (Lipinski definition) is 4. The molecular weight excluding hydrogens is 212 g/mol. The third kappa shape index (κ3) is 2.70. The fraction of sp³-hybridized carbons (Fsp3) is 0.182. The zero-order chi connectivity index (χ0) is 11.3. The van der Waals surface area contributed by atoms with E-state index in [-0.39, 0.29) is 12.2 Å². The van der Waals surface area contributed by atoms with E-state index in [2.05, 4.69) is 4.74 Å². The Hall–Kier alpha value is -1.55. The molecule has 0 spiro atoms. The Labute approximate surface area is 93.1 Å². The highest BCUT2D eigenvalue weighted by Crippen LogP contribution is 2.08. The third-order valence-electron chi connectivity index (χ3n) is 1.79. The summed E-state index contributed by atoms with van der Waals surface area (Å²) in [6.07, 6.45) is 0. The van der Waals surface area contributed by atoms with Crippen molar-refractivity contribution in [2.24, 2.45) is 0 Å². The molecule has 0 saturated carbocycles. The number of Topliss-reactive ketones (excluding diaryl/α,β-unsaturated/α-hetero) is 1. The number of ether oxygens (including phenoxy) is 1. The van der Waals surface area contributed by atoms with E-state index in [4.69, 9.17) is 12.2 Å². The van der Waals surface area contributed by atoms with Crippen LogP contribution in [0.1, 0.15) is 22.8 Å². The molecule has 3 nitrogen and oxygen atoms in total. The number of ketones is 1. The Morgan fingerprint density at radius 1 is 1.40 bits per heavy atom. The van der Waals surface area contributed by atoms with Gasteiger partial charge in [-0.05, 0) is 12.5 Å². The molecule has 0 aromatic heterocycles. The third-order valence-corrected chi connectivity index (χ3v) is 2.05. The molecule has 0 aliphatic heterocycles. The summed E-state index contributed by atoms with van der Waals surface area (Å²) in [4.78, 5) is 22.8. The highest BCUT2D eigenvalue weighted by Gasteiger charge is 2.19. The van der Waals surface area contributed by atoms with Crippen molar-refractivity contribution in [3.63, 3.8) is 0 Å². The Morgan fingerprint density at radius 3 is 2.67 bits per heavy atom. The van der Waals surface area contributed by atoms with Crippen molar-refractivity contribution in [1.29, 1.82) is 0 Å². The molecule has 0 aliphatic rings. The van der Waals surface area contributed by atoms with Gasteiger partial charge in [-0.15, -0.1) is 0 Å². The summed E-state index contributed by atoms with van der Waals surface area (Å²) in [7, 11) is 0. The summed E-state index contributed by atoms with van der Waals surface area (Å²) < 4.78 is 4.62. The average Bonchev–Trinajstić information content (AvgIpc) is 2.28. The number of carbonyl (C=O) groups is 2. The van der Waals surface area contributed by atoms with Gasteiger partial charge in [0.2, 0.25) is 0 Å². The predicted octanol–water partition coefficient (Wildman–Crippen LogP) is 1.78. The highest BCUT2D eigenvalue weighted by molar-refractivity contribution is 7.79. The summed E-state index contributed by atoms with van der Waals surface area (Å²) >= 11 is 4.75. The van der Waals surface area contributed by atoms with Crippen molar-refractivity contribution in [2.45, 2.75) is 6.92 Å². The number of hydrogen-bond donors (Lipinski definition) is 0. The molecule has 15 heavy (non-hydrogen) atoms. The summed E-state index contributed by atoms with van der Waals surface area (Å²) in [5.74, 6) is -1.50. The monoisotopic (exact) mass is 222 g/mol. The molecule has 78 valence electrons. The van der Waals surface area contributed by atoms with Gasteiger partial charge in [-0.3, -0.25) is 4.79 Å². The molecule has 1 aromatic rings. The van der Waals surface area contributed by atoms with Gasteiger partial charge in [-0.25, -0.2) is 4.79 Å². The number of benzene rings is 1. The lowest BCUT2D eigenvalue weighted by Gasteiger charge is -2.03. The van der Waals surface area contributed by atoms with Crippen LogP contribution in [-0.4, -0.2) is 23.7 Å². The SMILES string of the molecule is CCOC(=O)C(=O)c1ccccc1C=S. The topological polar surface area (TPSA) is 43.4 Å². The van der Waals surface area contributed by atoms with Gasteiger partial charge in [0.15, 0.2) is 0 Å². The second kappa shape index (κ2) is 5.36. The molecule has 0 amide bonds. The predicted molar refractivity (Wildman–Crippen MR) is 60.2 cm³/mol. The van der Waals surface area contributed by atoms with E-state index in [1.807, 2.05) is 0 Å². The number of rotatable bonds is 4. The largest absolute Gasteiger partial charge is 0.460 e. The first-order valence-electron chi connectivity index (χ1n) is 4.46. The van der Waals surface area contributed by atoms with Crippen LogP contribution in [0.25, 0.3) is 0 Å². The Bertz CT molecular complexity index is 399. The molecule has 0 heterocycles. The smallest absolute Gasteiger partial charge is 0.379 e. The molecule has 0 aliphatic carbocycles. The number of carbonyl (C=O) groups excluding carboxylic acids is 2. The van der Waals surface area contributed by atoms with E-state index in [1.165, 1.54) is 5.37 Å². The van der Waals surface area contributed by atoms with E-state index in [0.717, 1.165) is 0 Å². The number of thiocarbonyl (C=S) groups is 1. The van der Waals surface area contributed by atoms with Gasteiger partial charge in [-0.2, -0.15) is 0 Å². The van der Waals surface area contributed by atoms with Crippen molar-refractivity contribution in [3.8, 4) is 0 Å². The molecule has 0 radical (unpaired) electrons. The Kier molecular flexibility index (Phi) is 4.12. The molecular formula is C11H10O3S. The summed E-state index contributed by atoms with van der Waals surface area (Å²) in [6.45, 7) is 1.83. The van der Waals surface area contributed by atoms with Gasteiger partial charge in [0.05, 0.1) is 6.61 Å². The van der Waals surface area contributed by atoms with Gasteiger partial charge in [0.1, 0.15) is 0 Å². The van der Waals surface area contributed by atoms with Crippen LogP contribution in [0.3, 0.4) is 0 Å². The fourth-order valence-corrected chi connectivity index (χ4v) is 1.32. The van der Waals surface area contributed by atoms with Gasteiger partial charge < -0.3 is 4.74 Å². The van der Waals surface area contributed by atoms with Gasteiger partial charge >= 0.3 is 5.97 Å². The molecule has 1 rings (SSSR count). The molecule has 0 atom stereocenters. The first-order valence-corrected chi connectivity index (χ1v) is 4.93. The minimum Gasteiger partial charge on any atom is -0.460 e. The summed E-state index contributed by atoms with van der Waals surface area (Å²) in [6, 6.07) is 6.66. The van der Waals surface area contributed by atoms with Gasteiger partial charge in [-0.1, -0.05) is 36.5 Å². The standard InChI is InChI=1S/C11H10O3S/c1-2-14-11(13)10(12)9-6-4-3-5-8(9)7-15/h3-7H,2H2,1H3. The number of esters is 1. The maximum atomic E-state index is 11.6. The molecule has 0 N–H and O–H groups in total. The van der Waals surface area contributed by atoms with E-state index in [9.17, 15) is 9.59 Å². The average molecular weight is 222 g/mol.